The average Bonchev–Trinajstić information content (AvgIpc) is 2.04. The predicted molar refractivity (Wildman–Crippen MR) is 39.6 cm³/mol. The molecule has 1 heterocycles. The van der Waals surface area contributed by atoms with Crippen molar-refractivity contribution < 1.29 is 4.39 Å². The molecule has 0 N–H and O–H groups in total. The number of rotatable bonds is 0. The number of hydrogen-bond acceptors (Lipinski definition) is 2. The zero-order chi connectivity index (χ0) is 8.10. The summed E-state index contributed by atoms with van der Waals surface area (Å²) in [5, 5.41) is 0. The lowest BCUT2D eigenvalue weighted by Crippen LogP contribution is -1.87. The SMILES string of the molecule is Fc1ncc(C#CCCl)cn1. The van der Waals surface area contributed by atoms with Gasteiger partial charge in [0.25, 0.3) is 0 Å². The number of alkyl halides is 1. The minimum atomic E-state index is -0.749. The standard InChI is InChI=1S/C7H4ClFN2/c8-3-1-2-6-4-10-7(9)11-5-6/h4-5H,3H2. The molecule has 0 radical (unpaired) electrons. The third-order valence-electron chi connectivity index (χ3n) is 0.920. The van der Waals surface area contributed by atoms with Crippen LogP contribution in [0.15, 0.2) is 12.4 Å². The molecule has 1 aromatic rings. The number of halogens is 2. The minimum absolute atomic E-state index is 0.247. The third kappa shape index (κ3) is 2.52. The molecule has 0 aliphatic carbocycles. The predicted octanol–water partition coefficient (Wildman–Crippen LogP) is 1.21. The van der Waals surface area contributed by atoms with E-state index in [0.717, 1.165) is 0 Å². The lowest BCUT2D eigenvalue weighted by molar-refractivity contribution is 0.538. The first-order valence-electron chi connectivity index (χ1n) is 2.85. The number of hydrogen-bond donors (Lipinski definition) is 0. The molecule has 0 saturated carbocycles. The Morgan fingerprint density at radius 2 is 2.09 bits per heavy atom. The van der Waals surface area contributed by atoms with Crippen LogP contribution in [0.2, 0.25) is 0 Å². The van der Waals surface area contributed by atoms with Gasteiger partial charge in [-0.3, -0.25) is 0 Å². The smallest absolute Gasteiger partial charge is 0.209 e. The van der Waals surface area contributed by atoms with Gasteiger partial charge in [-0.05, 0) is 0 Å². The zero-order valence-corrected chi connectivity index (χ0v) is 6.27. The molecule has 0 aliphatic heterocycles. The molecule has 2 nitrogen and oxygen atoms in total. The van der Waals surface area contributed by atoms with Crippen molar-refractivity contribution in [3.05, 3.63) is 24.0 Å². The van der Waals surface area contributed by atoms with Crippen LogP contribution in [0.3, 0.4) is 0 Å². The van der Waals surface area contributed by atoms with Crippen LogP contribution >= 0.6 is 11.6 Å². The van der Waals surface area contributed by atoms with E-state index < -0.39 is 6.08 Å². The van der Waals surface area contributed by atoms with Gasteiger partial charge in [-0.1, -0.05) is 11.8 Å². The fourth-order valence-electron chi connectivity index (χ4n) is 0.512. The lowest BCUT2D eigenvalue weighted by Gasteiger charge is -1.86. The summed E-state index contributed by atoms with van der Waals surface area (Å²) in [4.78, 5) is 6.62. The van der Waals surface area contributed by atoms with Crippen LogP contribution in [0.5, 0.6) is 0 Å². The monoisotopic (exact) mass is 170 g/mol. The van der Waals surface area contributed by atoms with E-state index in [1.54, 1.807) is 0 Å². The summed E-state index contributed by atoms with van der Waals surface area (Å²) in [5.74, 6) is 5.49. The molecule has 0 fully saturated rings. The summed E-state index contributed by atoms with van der Waals surface area (Å²) < 4.78 is 12.1. The fourth-order valence-corrected chi connectivity index (χ4v) is 0.579. The lowest BCUT2D eigenvalue weighted by atomic mass is 10.3. The van der Waals surface area contributed by atoms with Crippen molar-refractivity contribution in [3.63, 3.8) is 0 Å². The summed E-state index contributed by atoms with van der Waals surface area (Å²) in [5.41, 5.74) is 0.562. The van der Waals surface area contributed by atoms with Crippen LogP contribution in [0.25, 0.3) is 0 Å². The van der Waals surface area contributed by atoms with E-state index in [9.17, 15) is 4.39 Å². The highest BCUT2D eigenvalue weighted by Crippen LogP contribution is 1.91. The van der Waals surface area contributed by atoms with Gasteiger partial charge in [0.2, 0.25) is 0 Å². The van der Waals surface area contributed by atoms with E-state index in [1.165, 1.54) is 12.4 Å². The summed E-state index contributed by atoms with van der Waals surface area (Å²) in [6, 6.07) is 0. The Labute approximate surface area is 68.4 Å². The molecular weight excluding hydrogens is 167 g/mol. The number of aromatic nitrogens is 2. The molecule has 0 amide bonds. The van der Waals surface area contributed by atoms with Gasteiger partial charge in [-0.2, -0.15) is 4.39 Å². The van der Waals surface area contributed by atoms with Crippen LogP contribution in [-0.2, 0) is 0 Å². The van der Waals surface area contributed by atoms with Crippen LogP contribution in [-0.4, -0.2) is 15.8 Å². The first-order chi connectivity index (χ1) is 5.33. The maximum absolute atomic E-state index is 12.1. The van der Waals surface area contributed by atoms with Crippen molar-refractivity contribution in [3.8, 4) is 11.8 Å². The minimum Gasteiger partial charge on any atom is -0.209 e. The maximum atomic E-state index is 12.1. The Morgan fingerprint density at radius 1 is 1.45 bits per heavy atom. The van der Waals surface area contributed by atoms with E-state index in [0.29, 0.717) is 5.56 Å². The van der Waals surface area contributed by atoms with Gasteiger partial charge in [0, 0.05) is 12.4 Å². The third-order valence-corrected chi connectivity index (χ3v) is 1.05. The molecule has 0 bridgehead atoms. The van der Waals surface area contributed by atoms with E-state index in [-0.39, 0.29) is 5.88 Å². The van der Waals surface area contributed by atoms with Crippen LogP contribution < -0.4 is 0 Å². The van der Waals surface area contributed by atoms with Crippen LogP contribution in [0.4, 0.5) is 4.39 Å². The molecular formula is C7H4ClFN2. The first-order valence-corrected chi connectivity index (χ1v) is 3.39. The van der Waals surface area contributed by atoms with Gasteiger partial charge in [-0.25, -0.2) is 9.97 Å². The Kier molecular flexibility index (Phi) is 2.82. The number of nitrogens with zero attached hydrogens (tertiary/aromatic N) is 2. The molecule has 11 heavy (non-hydrogen) atoms. The van der Waals surface area contributed by atoms with Crippen molar-refractivity contribution in [1.82, 2.24) is 9.97 Å². The van der Waals surface area contributed by atoms with Gasteiger partial charge >= 0.3 is 6.08 Å². The van der Waals surface area contributed by atoms with Gasteiger partial charge in [0.1, 0.15) is 0 Å². The largest absolute Gasteiger partial charge is 0.308 e. The molecule has 1 rings (SSSR count). The fraction of sp³-hybridized carbons (Fsp3) is 0.143. The summed E-state index contributed by atoms with van der Waals surface area (Å²) in [6.45, 7) is 0. The van der Waals surface area contributed by atoms with E-state index in [4.69, 9.17) is 11.6 Å². The highest BCUT2D eigenvalue weighted by molar-refractivity contribution is 6.19. The van der Waals surface area contributed by atoms with E-state index in [2.05, 4.69) is 21.8 Å². The van der Waals surface area contributed by atoms with Crippen molar-refractivity contribution in [2.24, 2.45) is 0 Å². The average molecular weight is 171 g/mol. The van der Waals surface area contributed by atoms with Crippen molar-refractivity contribution in [1.29, 1.82) is 0 Å². The molecule has 0 aromatic carbocycles. The van der Waals surface area contributed by atoms with Crippen LogP contribution in [0.1, 0.15) is 5.56 Å². The summed E-state index contributed by atoms with van der Waals surface area (Å²) >= 11 is 5.29. The summed E-state index contributed by atoms with van der Waals surface area (Å²) in [7, 11) is 0. The molecule has 0 spiro atoms. The van der Waals surface area contributed by atoms with E-state index >= 15 is 0 Å². The van der Waals surface area contributed by atoms with Gasteiger partial charge in [0.05, 0.1) is 11.4 Å². The molecule has 0 atom stereocenters. The molecule has 0 unspecified atom stereocenters. The normalized spacial score (nSPS) is 8.55. The van der Waals surface area contributed by atoms with Gasteiger partial charge in [0.15, 0.2) is 0 Å². The second kappa shape index (κ2) is 3.89. The Morgan fingerprint density at radius 3 is 2.64 bits per heavy atom. The summed E-state index contributed by atoms with van der Waals surface area (Å²) in [6.07, 6.45) is 1.87. The highest BCUT2D eigenvalue weighted by atomic mass is 35.5. The molecule has 4 heteroatoms. The second-order valence-electron chi connectivity index (χ2n) is 1.68. The Hall–Kier alpha value is -1.14. The van der Waals surface area contributed by atoms with Crippen molar-refractivity contribution in [2.45, 2.75) is 0 Å². The maximum Gasteiger partial charge on any atom is 0.308 e. The highest BCUT2D eigenvalue weighted by Gasteiger charge is 1.90. The quantitative estimate of drug-likeness (QED) is 0.332. The van der Waals surface area contributed by atoms with Crippen molar-refractivity contribution in [2.75, 3.05) is 5.88 Å². The Bertz CT molecular complexity index is 286. The molecule has 1 aromatic heterocycles. The topological polar surface area (TPSA) is 25.8 Å². The van der Waals surface area contributed by atoms with E-state index in [1.807, 2.05) is 0 Å². The first kappa shape index (κ1) is 7.96. The van der Waals surface area contributed by atoms with Crippen LogP contribution in [0, 0.1) is 17.9 Å². The Balaban J connectivity index is 2.82. The molecule has 0 saturated heterocycles. The van der Waals surface area contributed by atoms with Crippen molar-refractivity contribution >= 4 is 11.6 Å². The molecule has 0 aliphatic rings. The van der Waals surface area contributed by atoms with Gasteiger partial charge in [-0.15, -0.1) is 11.6 Å². The zero-order valence-electron chi connectivity index (χ0n) is 5.51. The molecule has 56 valence electrons. The van der Waals surface area contributed by atoms with Gasteiger partial charge < -0.3 is 0 Å². The second-order valence-corrected chi connectivity index (χ2v) is 1.94.